The molecular weight excluding hydrogens is 640 g/mol. The lowest BCUT2D eigenvalue weighted by atomic mass is 9.92. The first kappa shape index (κ1) is 36.5. The van der Waals surface area contributed by atoms with Gasteiger partial charge in [0.05, 0.1) is 44.1 Å². The van der Waals surface area contributed by atoms with Crippen LogP contribution in [0.15, 0.2) is 66.7 Å². The number of urea groups is 1. The molecule has 5 rings (SSSR count). The van der Waals surface area contributed by atoms with Crippen LogP contribution < -0.4 is 21.3 Å². The minimum atomic E-state index is -0.707. The van der Waals surface area contributed by atoms with E-state index in [0.717, 1.165) is 62.5 Å². The third-order valence-electron chi connectivity index (χ3n) is 8.93. The van der Waals surface area contributed by atoms with Gasteiger partial charge in [0.1, 0.15) is 18.8 Å². The Morgan fingerprint density at radius 3 is 1.92 bits per heavy atom. The van der Waals surface area contributed by atoms with Gasteiger partial charge in [0, 0.05) is 6.07 Å². The molecule has 0 bridgehead atoms. The summed E-state index contributed by atoms with van der Waals surface area (Å²) in [7, 11) is 0. The molecule has 4 atom stereocenters. The van der Waals surface area contributed by atoms with Crippen LogP contribution in [0.25, 0.3) is 0 Å². The maximum atomic E-state index is 13.8. The number of hydrogen-bond donors (Lipinski definition) is 4. The highest BCUT2D eigenvalue weighted by Gasteiger charge is 2.31. The van der Waals surface area contributed by atoms with Crippen molar-refractivity contribution in [1.29, 1.82) is 0 Å². The average Bonchev–Trinajstić information content (AvgIpc) is 3.52. The first-order chi connectivity index (χ1) is 24.4. The summed E-state index contributed by atoms with van der Waals surface area (Å²) >= 11 is 0. The molecule has 0 aliphatic heterocycles. The van der Waals surface area contributed by atoms with E-state index in [2.05, 4.69) is 26.4 Å². The average molecular weight is 689 g/mol. The van der Waals surface area contributed by atoms with Crippen molar-refractivity contribution in [2.24, 2.45) is 0 Å². The summed E-state index contributed by atoms with van der Waals surface area (Å²) < 4.78 is 18.6. The summed E-state index contributed by atoms with van der Waals surface area (Å²) in [5.74, 6) is -1.31. The molecule has 2 fully saturated rings. The molecule has 4 amide bonds. The molecule has 3 aromatic rings. The maximum Gasteiger partial charge on any atom is 0.325 e. The van der Waals surface area contributed by atoms with Crippen LogP contribution in [0.1, 0.15) is 79.9 Å². The van der Waals surface area contributed by atoms with Gasteiger partial charge < -0.3 is 30.2 Å². The number of aromatic nitrogens is 2. The number of amides is 4. The van der Waals surface area contributed by atoms with Crippen LogP contribution in [0.2, 0.25) is 0 Å². The summed E-state index contributed by atoms with van der Waals surface area (Å²) in [5.41, 5.74) is 2.22. The summed E-state index contributed by atoms with van der Waals surface area (Å²) in [4.78, 5) is 51.6. The van der Waals surface area contributed by atoms with E-state index in [-0.39, 0.29) is 61.4 Å². The smallest absolute Gasteiger partial charge is 0.325 e. The third-order valence-corrected chi connectivity index (χ3v) is 8.93. The molecule has 13 heteroatoms. The molecule has 13 nitrogen and oxygen atoms in total. The van der Waals surface area contributed by atoms with Crippen molar-refractivity contribution >= 4 is 29.6 Å². The fourth-order valence-electron chi connectivity index (χ4n) is 6.41. The van der Waals surface area contributed by atoms with Crippen molar-refractivity contribution in [3.8, 4) is 0 Å². The van der Waals surface area contributed by atoms with Crippen molar-refractivity contribution in [2.75, 3.05) is 18.5 Å². The molecule has 268 valence electrons. The number of nitrogens with one attached hydrogen (secondary N) is 4. The maximum absolute atomic E-state index is 13.8. The van der Waals surface area contributed by atoms with Crippen molar-refractivity contribution in [1.82, 2.24) is 25.7 Å². The van der Waals surface area contributed by atoms with E-state index >= 15 is 0 Å². The highest BCUT2D eigenvalue weighted by atomic mass is 16.5. The van der Waals surface area contributed by atoms with Crippen LogP contribution in [0, 0.1) is 0 Å². The van der Waals surface area contributed by atoms with Crippen LogP contribution >= 0.6 is 0 Å². The van der Waals surface area contributed by atoms with Crippen molar-refractivity contribution in [3.05, 3.63) is 83.6 Å². The fraction of sp³-hybridized carbons (Fsp3) is 0.486. The first-order valence-corrected chi connectivity index (χ1v) is 17.6. The van der Waals surface area contributed by atoms with Gasteiger partial charge in [-0.1, -0.05) is 86.3 Å². The fourth-order valence-corrected chi connectivity index (χ4v) is 6.41. The Bertz CT molecular complexity index is 1550. The molecule has 0 saturated heterocycles. The van der Waals surface area contributed by atoms with Crippen LogP contribution in [0.4, 0.5) is 10.6 Å². The number of esters is 1. The van der Waals surface area contributed by atoms with Crippen molar-refractivity contribution in [3.63, 3.8) is 0 Å². The molecule has 50 heavy (non-hydrogen) atoms. The predicted molar refractivity (Wildman–Crippen MR) is 186 cm³/mol. The van der Waals surface area contributed by atoms with Gasteiger partial charge in [0.2, 0.25) is 5.91 Å². The number of carbonyl (C=O) groups is 4. The molecule has 2 aliphatic carbocycles. The van der Waals surface area contributed by atoms with Crippen LogP contribution in [0.5, 0.6) is 0 Å². The number of nitrogens with zero attached hydrogens (tertiary/aromatic N) is 2. The number of benzene rings is 2. The van der Waals surface area contributed by atoms with Crippen molar-refractivity contribution < 1.29 is 33.4 Å². The van der Waals surface area contributed by atoms with Crippen LogP contribution in [-0.4, -0.2) is 71.0 Å². The van der Waals surface area contributed by atoms with Gasteiger partial charge in [-0.15, -0.1) is 0 Å². The number of anilines is 1. The van der Waals surface area contributed by atoms with E-state index in [1.807, 2.05) is 60.7 Å². The lowest BCUT2D eigenvalue weighted by molar-refractivity contribution is -0.141. The second-order valence-electron chi connectivity index (χ2n) is 12.7. The van der Waals surface area contributed by atoms with Gasteiger partial charge in [0.15, 0.2) is 5.82 Å². The normalized spacial score (nSPS) is 20.3. The van der Waals surface area contributed by atoms with E-state index in [1.165, 1.54) is 10.7 Å². The van der Waals surface area contributed by atoms with E-state index in [4.69, 9.17) is 14.2 Å². The minimum Gasteiger partial charge on any atom is -0.465 e. The molecule has 1 aromatic heterocycles. The van der Waals surface area contributed by atoms with Gasteiger partial charge in [-0.25, -0.2) is 9.48 Å². The summed E-state index contributed by atoms with van der Waals surface area (Å²) in [6.45, 7) is 2.15. The Morgan fingerprint density at radius 2 is 1.34 bits per heavy atom. The monoisotopic (exact) mass is 688 g/mol. The zero-order valence-corrected chi connectivity index (χ0v) is 28.6. The Labute approximate surface area is 292 Å². The van der Waals surface area contributed by atoms with Crippen molar-refractivity contribution in [2.45, 2.75) is 102 Å². The van der Waals surface area contributed by atoms with E-state index < -0.39 is 17.9 Å². The number of ether oxygens (including phenoxy) is 3. The molecule has 2 aliphatic rings. The first-order valence-electron chi connectivity index (χ1n) is 17.6. The molecule has 2 aromatic carbocycles. The molecular formula is C37H48N6O7. The van der Waals surface area contributed by atoms with E-state index in [9.17, 15) is 19.2 Å². The molecule has 0 spiro atoms. The predicted octanol–water partition coefficient (Wildman–Crippen LogP) is 4.47. The summed E-state index contributed by atoms with van der Waals surface area (Å²) in [6, 6.07) is 20.1. The Balaban J connectivity index is 1.26. The van der Waals surface area contributed by atoms with E-state index in [0.29, 0.717) is 13.2 Å². The quantitative estimate of drug-likeness (QED) is 0.170. The second kappa shape index (κ2) is 18.9. The lowest BCUT2D eigenvalue weighted by Gasteiger charge is -2.32. The Morgan fingerprint density at radius 1 is 0.780 bits per heavy atom. The number of carbonyl (C=O) groups excluding carboxylic acids is 4. The molecule has 1 heterocycles. The third kappa shape index (κ3) is 11.1. The topological polar surface area (TPSA) is 162 Å². The highest BCUT2D eigenvalue weighted by molar-refractivity contribution is 5.96. The van der Waals surface area contributed by atoms with Gasteiger partial charge in [-0.2, -0.15) is 5.10 Å². The minimum absolute atomic E-state index is 0.0477. The van der Waals surface area contributed by atoms with Crippen LogP contribution in [-0.2, 0) is 43.6 Å². The SMILES string of the molecule is CCOC(=O)CNC(=O)Nc1cc(C(=O)N[C@H]2CCCC[C@@H]2OCc2ccccc2)n(CC(=O)N[C@H]2CCCC[C@@H]2OCc2ccccc2)n1. The molecule has 4 N–H and O–H groups in total. The standard InChI is InChI=1S/C37H48N6O7/c1-2-48-35(45)22-38-37(47)41-33-21-30(36(46)40-29-18-10-12-20-32(29)50-25-27-15-7-4-8-16-27)43(42-33)23-34(44)39-28-17-9-11-19-31(28)49-24-26-13-5-3-6-14-26/h3-8,13-16,21,28-29,31-32H,2,9-12,17-20,22-25H2,1H3,(H,39,44)(H,40,46)(H2,38,41,42,47)/t28-,29-,31-,32-/m0/s1. The Hall–Kier alpha value is -4.75. The molecule has 2 saturated carbocycles. The van der Waals surface area contributed by atoms with Gasteiger partial charge in [-0.05, 0) is 43.7 Å². The second-order valence-corrected chi connectivity index (χ2v) is 12.7. The van der Waals surface area contributed by atoms with Crippen LogP contribution in [0.3, 0.4) is 0 Å². The van der Waals surface area contributed by atoms with Gasteiger partial charge >= 0.3 is 12.0 Å². The largest absolute Gasteiger partial charge is 0.465 e. The summed E-state index contributed by atoms with van der Waals surface area (Å²) in [5, 5.41) is 15.6. The van der Waals surface area contributed by atoms with Gasteiger partial charge in [0.25, 0.3) is 5.91 Å². The number of hydrogen-bond acceptors (Lipinski definition) is 8. The van der Waals surface area contributed by atoms with Gasteiger partial charge in [-0.3, -0.25) is 19.7 Å². The Kier molecular flexibility index (Phi) is 13.8. The zero-order valence-electron chi connectivity index (χ0n) is 28.6. The molecule has 0 unspecified atom stereocenters. The zero-order chi connectivity index (χ0) is 35.1. The van der Waals surface area contributed by atoms with E-state index in [1.54, 1.807) is 6.92 Å². The summed E-state index contributed by atoms with van der Waals surface area (Å²) in [6.07, 6.45) is 6.75. The lowest BCUT2D eigenvalue weighted by Crippen LogP contribution is -2.48. The number of rotatable bonds is 15. The molecule has 0 radical (unpaired) electrons. The highest BCUT2D eigenvalue weighted by Crippen LogP contribution is 2.24.